The normalized spacial score (nSPS) is 13.0. The minimum absolute atomic E-state index is 0.441. The molecule has 0 bridgehead atoms. The molecule has 0 aromatic heterocycles. The van der Waals surface area contributed by atoms with Crippen LogP contribution in [-0.2, 0) is 22.4 Å². The number of benzene rings is 6. The molecule has 0 amide bonds. The van der Waals surface area contributed by atoms with Gasteiger partial charge in [-0.2, -0.15) is 0 Å². The SMILES string of the molecule is CNC(CCCc1cccc2ccccc12)c1ccccc1.CNC(CCCc1cccc2ccccc12)c1ccccc1.O=C(O)C(O)C(O)C(=O)O. The number of carboxylic acid groups (broad SMARTS) is 2. The average molecular weight is 729 g/mol. The third kappa shape index (κ3) is 12.4. The summed E-state index contributed by atoms with van der Waals surface area (Å²) in [6, 6.07) is 52.9. The number of carbonyl (C=O) groups is 2. The minimum Gasteiger partial charge on any atom is -0.479 e. The fraction of sp³-hybridized carbons (Fsp3) is 0.261. The number of hydrogen-bond acceptors (Lipinski definition) is 6. The van der Waals surface area contributed by atoms with Crippen LogP contribution in [0, 0.1) is 0 Å². The van der Waals surface area contributed by atoms with Gasteiger partial charge in [-0.25, -0.2) is 9.59 Å². The summed E-state index contributed by atoms with van der Waals surface area (Å²) in [6.45, 7) is 0. The highest BCUT2D eigenvalue weighted by Gasteiger charge is 2.29. The average Bonchev–Trinajstić information content (AvgIpc) is 3.21. The number of rotatable bonds is 15. The Labute approximate surface area is 318 Å². The van der Waals surface area contributed by atoms with Gasteiger partial charge in [0.05, 0.1) is 0 Å². The Kier molecular flexibility index (Phi) is 16.8. The maximum Gasteiger partial charge on any atom is 0.335 e. The van der Waals surface area contributed by atoms with Crippen molar-refractivity contribution in [3.63, 3.8) is 0 Å². The first-order chi connectivity index (χ1) is 26.2. The standard InChI is InChI=1S/2C21H23N.C4H6O6/c2*1-22-21(19-10-3-2-4-11-19)16-8-14-18-13-7-12-17-9-5-6-15-20(17)18;5-1(3(7)8)2(6)4(9)10/h2*2-7,9-13,15,21-22H,8,14,16H2,1H3;1-2,5-6H,(H,7,8)(H,9,10). The molecule has 6 rings (SSSR count). The molecule has 8 heteroatoms. The largest absolute Gasteiger partial charge is 0.479 e. The van der Waals surface area contributed by atoms with Crippen molar-refractivity contribution in [3.05, 3.63) is 168 Å². The Morgan fingerprint density at radius 1 is 0.481 bits per heavy atom. The lowest BCUT2D eigenvalue weighted by Gasteiger charge is -2.16. The van der Waals surface area contributed by atoms with E-state index < -0.39 is 24.1 Å². The third-order valence-electron chi connectivity index (χ3n) is 9.54. The number of aliphatic hydroxyl groups excluding tert-OH is 2. The Hall–Kier alpha value is -5.38. The van der Waals surface area contributed by atoms with Gasteiger partial charge in [0.15, 0.2) is 12.2 Å². The third-order valence-corrected chi connectivity index (χ3v) is 9.54. The van der Waals surface area contributed by atoms with E-state index in [4.69, 9.17) is 20.4 Å². The first kappa shape index (κ1) is 41.4. The summed E-state index contributed by atoms with van der Waals surface area (Å²) < 4.78 is 0. The molecule has 4 unspecified atom stereocenters. The van der Waals surface area contributed by atoms with Gasteiger partial charge >= 0.3 is 11.9 Å². The highest BCUT2D eigenvalue weighted by molar-refractivity contribution is 5.86. The minimum atomic E-state index is -2.27. The van der Waals surface area contributed by atoms with Crippen LogP contribution < -0.4 is 10.6 Å². The number of carboxylic acids is 2. The van der Waals surface area contributed by atoms with Crippen LogP contribution in [0.15, 0.2) is 146 Å². The number of aliphatic carboxylic acids is 2. The Morgan fingerprint density at radius 2 is 0.815 bits per heavy atom. The molecular weight excluding hydrogens is 677 g/mol. The van der Waals surface area contributed by atoms with Crippen molar-refractivity contribution in [3.8, 4) is 0 Å². The zero-order valence-electron chi connectivity index (χ0n) is 31.0. The highest BCUT2D eigenvalue weighted by atomic mass is 16.4. The van der Waals surface area contributed by atoms with Crippen LogP contribution in [0.25, 0.3) is 21.5 Å². The van der Waals surface area contributed by atoms with Gasteiger partial charge in [-0.15, -0.1) is 0 Å². The van der Waals surface area contributed by atoms with Gasteiger partial charge in [-0.3, -0.25) is 0 Å². The summed E-state index contributed by atoms with van der Waals surface area (Å²) in [6.07, 6.45) is 2.42. The number of hydrogen-bond donors (Lipinski definition) is 6. The second-order valence-corrected chi connectivity index (χ2v) is 13.1. The van der Waals surface area contributed by atoms with Crippen molar-refractivity contribution in [2.45, 2.75) is 62.8 Å². The molecule has 8 nitrogen and oxygen atoms in total. The number of nitrogens with one attached hydrogen (secondary N) is 2. The number of aliphatic hydroxyl groups is 2. The van der Waals surface area contributed by atoms with Crippen LogP contribution in [0.3, 0.4) is 0 Å². The maximum atomic E-state index is 9.77. The predicted octanol–water partition coefficient (Wildman–Crippen LogP) is 8.12. The summed E-state index contributed by atoms with van der Waals surface area (Å²) in [5, 5.41) is 44.9. The molecule has 54 heavy (non-hydrogen) atoms. The molecule has 0 fully saturated rings. The molecule has 0 spiro atoms. The molecule has 0 saturated carbocycles. The number of fused-ring (bicyclic) bond motifs is 2. The Balaban J connectivity index is 0.000000194. The number of aryl methyl sites for hydroxylation is 2. The molecule has 6 aromatic rings. The van der Waals surface area contributed by atoms with Crippen molar-refractivity contribution in [2.75, 3.05) is 14.1 Å². The van der Waals surface area contributed by atoms with Gasteiger partial charge in [0.25, 0.3) is 0 Å². The van der Waals surface area contributed by atoms with E-state index in [0.29, 0.717) is 12.1 Å². The maximum absolute atomic E-state index is 9.77. The van der Waals surface area contributed by atoms with E-state index in [-0.39, 0.29) is 0 Å². The molecule has 282 valence electrons. The van der Waals surface area contributed by atoms with Gasteiger partial charge in [0.2, 0.25) is 0 Å². The van der Waals surface area contributed by atoms with Crippen LogP contribution in [0.1, 0.15) is 60.0 Å². The second kappa shape index (κ2) is 22.0. The van der Waals surface area contributed by atoms with E-state index in [1.807, 2.05) is 0 Å². The molecule has 0 aliphatic rings. The zero-order chi connectivity index (χ0) is 38.7. The smallest absolute Gasteiger partial charge is 0.335 e. The molecule has 0 radical (unpaired) electrons. The van der Waals surface area contributed by atoms with Gasteiger partial charge in [0, 0.05) is 12.1 Å². The lowest BCUT2D eigenvalue weighted by Crippen LogP contribution is -2.39. The summed E-state index contributed by atoms with van der Waals surface area (Å²) in [7, 11) is 4.10. The van der Waals surface area contributed by atoms with Gasteiger partial charge in [-0.1, -0.05) is 146 Å². The molecule has 0 aliphatic heterocycles. The zero-order valence-corrected chi connectivity index (χ0v) is 31.0. The van der Waals surface area contributed by atoms with E-state index >= 15 is 0 Å². The van der Waals surface area contributed by atoms with E-state index in [1.54, 1.807) is 0 Å². The molecule has 0 aliphatic carbocycles. The first-order valence-electron chi connectivity index (χ1n) is 18.4. The first-order valence-corrected chi connectivity index (χ1v) is 18.4. The topological polar surface area (TPSA) is 139 Å². The van der Waals surface area contributed by atoms with Gasteiger partial charge in [-0.05, 0) is 96.4 Å². The lowest BCUT2D eigenvalue weighted by atomic mass is 9.96. The monoisotopic (exact) mass is 728 g/mol. The second-order valence-electron chi connectivity index (χ2n) is 13.1. The Bertz CT molecular complexity index is 1860. The van der Waals surface area contributed by atoms with Crippen LogP contribution in [0.2, 0.25) is 0 Å². The molecule has 0 saturated heterocycles. The molecule has 0 heterocycles. The van der Waals surface area contributed by atoms with Crippen LogP contribution in [0.5, 0.6) is 0 Å². The summed E-state index contributed by atoms with van der Waals surface area (Å²) >= 11 is 0. The van der Waals surface area contributed by atoms with Crippen LogP contribution in [0.4, 0.5) is 0 Å². The van der Waals surface area contributed by atoms with Crippen LogP contribution in [-0.4, -0.2) is 58.7 Å². The highest BCUT2D eigenvalue weighted by Crippen LogP contribution is 2.25. The summed E-state index contributed by atoms with van der Waals surface area (Å²) in [5.41, 5.74) is 5.67. The van der Waals surface area contributed by atoms with E-state index in [0.717, 1.165) is 25.7 Å². The van der Waals surface area contributed by atoms with E-state index in [2.05, 4.69) is 170 Å². The van der Waals surface area contributed by atoms with Crippen molar-refractivity contribution < 1.29 is 30.0 Å². The lowest BCUT2D eigenvalue weighted by molar-refractivity contribution is -0.165. The van der Waals surface area contributed by atoms with Crippen molar-refractivity contribution in [1.82, 2.24) is 10.6 Å². The van der Waals surface area contributed by atoms with Crippen molar-refractivity contribution in [2.24, 2.45) is 0 Å². The van der Waals surface area contributed by atoms with E-state index in [1.165, 1.54) is 56.6 Å². The van der Waals surface area contributed by atoms with Crippen molar-refractivity contribution >= 4 is 33.5 Å². The molecule has 6 aromatic carbocycles. The summed E-state index contributed by atoms with van der Waals surface area (Å²) in [5.74, 6) is -3.54. The Morgan fingerprint density at radius 3 is 1.17 bits per heavy atom. The molecule has 6 N–H and O–H groups in total. The summed E-state index contributed by atoms with van der Waals surface area (Å²) in [4.78, 5) is 19.5. The quantitative estimate of drug-likeness (QED) is 0.0624. The fourth-order valence-electron chi connectivity index (χ4n) is 6.61. The molecule has 4 atom stereocenters. The van der Waals surface area contributed by atoms with Crippen molar-refractivity contribution in [1.29, 1.82) is 0 Å². The fourth-order valence-corrected chi connectivity index (χ4v) is 6.61. The van der Waals surface area contributed by atoms with Crippen LogP contribution >= 0.6 is 0 Å². The van der Waals surface area contributed by atoms with E-state index in [9.17, 15) is 9.59 Å². The van der Waals surface area contributed by atoms with Gasteiger partial charge in [0.1, 0.15) is 0 Å². The van der Waals surface area contributed by atoms with Gasteiger partial charge < -0.3 is 31.1 Å². The molecular formula is C46H52N2O6. The predicted molar refractivity (Wildman–Crippen MR) is 218 cm³/mol.